The number of hydrogen-bond donors (Lipinski definition) is 2. The largest absolute Gasteiger partial charge is 0.489 e. The van der Waals surface area contributed by atoms with E-state index < -0.39 is 0 Å². The highest BCUT2D eigenvalue weighted by Gasteiger charge is 2.41. The molecular weight excluding hydrogens is 358 g/mol. The SMILES string of the molecule is CN=C(NCC(C)Oc1cccc(Br)c1)NC1CC2CCC1O2. The highest BCUT2D eigenvalue weighted by Crippen LogP contribution is 2.34. The fourth-order valence-corrected chi connectivity index (χ4v) is 3.59. The molecule has 1 aromatic carbocycles. The summed E-state index contributed by atoms with van der Waals surface area (Å²) in [6.07, 6.45) is 4.26. The van der Waals surface area contributed by atoms with E-state index in [1.54, 1.807) is 7.05 Å². The summed E-state index contributed by atoms with van der Waals surface area (Å²) in [4.78, 5) is 4.30. The number of fused-ring (bicyclic) bond motifs is 2. The predicted molar refractivity (Wildman–Crippen MR) is 95.0 cm³/mol. The molecule has 0 spiro atoms. The van der Waals surface area contributed by atoms with Gasteiger partial charge in [0.2, 0.25) is 0 Å². The Morgan fingerprint density at radius 3 is 3.00 bits per heavy atom. The number of benzene rings is 1. The van der Waals surface area contributed by atoms with Crippen LogP contribution in [-0.4, -0.2) is 43.9 Å². The molecule has 6 heteroatoms. The average Bonchev–Trinajstić information content (AvgIpc) is 3.14. The lowest BCUT2D eigenvalue weighted by atomic mass is 9.96. The molecule has 2 aliphatic heterocycles. The minimum atomic E-state index is 0.0409. The van der Waals surface area contributed by atoms with Crippen LogP contribution in [0.15, 0.2) is 33.7 Å². The number of guanidine groups is 1. The molecule has 2 N–H and O–H groups in total. The summed E-state index contributed by atoms with van der Waals surface area (Å²) in [5.74, 6) is 1.67. The van der Waals surface area contributed by atoms with Crippen LogP contribution >= 0.6 is 15.9 Å². The van der Waals surface area contributed by atoms with Crippen molar-refractivity contribution in [2.24, 2.45) is 4.99 Å². The van der Waals surface area contributed by atoms with E-state index in [-0.39, 0.29) is 6.10 Å². The van der Waals surface area contributed by atoms with Gasteiger partial charge < -0.3 is 20.1 Å². The van der Waals surface area contributed by atoms with Gasteiger partial charge in [0.05, 0.1) is 24.8 Å². The monoisotopic (exact) mass is 381 g/mol. The fourth-order valence-electron chi connectivity index (χ4n) is 3.21. The second kappa shape index (κ2) is 7.53. The molecule has 0 aliphatic carbocycles. The van der Waals surface area contributed by atoms with Gasteiger partial charge in [-0.15, -0.1) is 0 Å². The van der Waals surface area contributed by atoms with E-state index in [1.165, 1.54) is 6.42 Å². The van der Waals surface area contributed by atoms with E-state index in [9.17, 15) is 0 Å². The van der Waals surface area contributed by atoms with Crippen molar-refractivity contribution in [3.63, 3.8) is 0 Å². The van der Waals surface area contributed by atoms with Crippen LogP contribution in [0.1, 0.15) is 26.2 Å². The van der Waals surface area contributed by atoms with Gasteiger partial charge in [0, 0.05) is 11.5 Å². The molecule has 0 amide bonds. The molecular formula is C17H24BrN3O2. The van der Waals surface area contributed by atoms with Gasteiger partial charge in [-0.3, -0.25) is 4.99 Å². The highest BCUT2D eigenvalue weighted by atomic mass is 79.9. The van der Waals surface area contributed by atoms with Crippen molar-refractivity contribution in [2.45, 2.75) is 50.5 Å². The van der Waals surface area contributed by atoms with Crippen molar-refractivity contribution in [2.75, 3.05) is 13.6 Å². The zero-order valence-corrected chi connectivity index (χ0v) is 15.2. The van der Waals surface area contributed by atoms with Crippen molar-refractivity contribution in [1.82, 2.24) is 10.6 Å². The van der Waals surface area contributed by atoms with Gasteiger partial charge in [-0.05, 0) is 44.4 Å². The maximum absolute atomic E-state index is 5.91. The van der Waals surface area contributed by atoms with Crippen LogP contribution in [0.25, 0.3) is 0 Å². The van der Waals surface area contributed by atoms with E-state index in [0.29, 0.717) is 24.8 Å². The molecule has 0 radical (unpaired) electrons. The Kier molecular flexibility index (Phi) is 5.43. The van der Waals surface area contributed by atoms with Crippen LogP contribution in [0.2, 0.25) is 0 Å². The zero-order chi connectivity index (χ0) is 16.2. The number of halogens is 1. The molecule has 0 aromatic heterocycles. The lowest BCUT2D eigenvalue weighted by Crippen LogP contribution is -2.49. The Bertz CT molecular complexity index is 567. The van der Waals surface area contributed by atoms with E-state index in [4.69, 9.17) is 9.47 Å². The lowest BCUT2D eigenvalue weighted by molar-refractivity contribution is 0.0992. The average molecular weight is 382 g/mol. The maximum atomic E-state index is 5.91. The molecule has 23 heavy (non-hydrogen) atoms. The molecule has 2 fully saturated rings. The smallest absolute Gasteiger partial charge is 0.191 e. The third-order valence-electron chi connectivity index (χ3n) is 4.34. The third kappa shape index (κ3) is 4.38. The fraction of sp³-hybridized carbons (Fsp3) is 0.588. The number of nitrogens with one attached hydrogen (secondary N) is 2. The van der Waals surface area contributed by atoms with Crippen molar-refractivity contribution >= 4 is 21.9 Å². The Morgan fingerprint density at radius 2 is 2.35 bits per heavy atom. The van der Waals surface area contributed by atoms with Crippen molar-refractivity contribution < 1.29 is 9.47 Å². The first-order valence-electron chi connectivity index (χ1n) is 8.19. The van der Waals surface area contributed by atoms with Gasteiger partial charge in [0.25, 0.3) is 0 Å². The van der Waals surface area contributed by atoms with Crippen LogP contribution < -0.4 is 15.4 Å². The van der Waals surface area contributed by atoms with Crippen molar-refractivity contribution in [1.29, 1.82) is 0 Å². The second-order valence-corrected chi connectivity index (χ2v) is 7.12. The van der Waals surface area contributed by atoms with E-state index in [2.05, 4.69) is 31.6 Å². The first-order valence-corrected chi connectivity index (χ1v) is 8.98. The molecule has 2 aliphatic rings. The predicted octanol–water partition coefficient (Wildman–Crippen LogP) is 2.70. The quantitative estimate of drug-likeness (QED) is 0.608. The molecule has 2 bridgehead atoms. The summed E-state index contributed by atoms with van der Waals surface area (Å²) in [5.41, 5.74) is 0. The summed E-state index contributed by atoms with van der Waals surface area (Å²) in [6.45, 7) is 2.73. The summed E-state index contributed by atoms with van der Waals surface area (Å²) >= 11 is 3.45. The molecule has 2 heterocycles. The van der Waals surface area contributed by atoms with E-state index in [1.807, 2.05) is 31.2 Å². The minimum absolute atomic E-state index is 0.0409. The summed E-state index contributed by atoms with van der Waals surface area (Å²) < 4.78 is 12.8. The van der Waals surface area contributed by atoms with Gasteiger partial charge in [0.1, 0.15) is 11.9 Å². The Labute approximate surface area is 146 Å². The van der Waals surface area contributed by atoms with E-state index in [0.717, 1.165) is 29.0 Å². The van der Waals surface area contributed by atoms with Crippen LogP contribution in [0.3, 0.4) is 0 Å². The van der Waals surface area contributed by atoms with Gasteiger partial charge in [-0.1, -0.05) is 22.0 Å². The number of ether oxygens (including phenoxy) is 2. The number of rotatable bonds is 5. The van der Waals surface area contributed by atoms with Crippen LogP contribution in [0, 0.1) is 0 Å². The topological polar surface area (TPSA) is 54.9 Å². The number of nitrogens with zero attached hydrogens (tertiary/aromatic N) is 1. The molecule has 4 atom stereocenters. The van der Waals surface area contributed by atoms with Crippen LogP contribution in [-0.2, 0) is 4.74 Å². The van der Waals surface area contributed by atoms with Gasteiger partial charge in [-0.2, -0.15) is 0 Å². The van der Waals surface area contributed by atoms with E-state index >= 15 is 0 Å². The second-order valence-electron chi connectivity index (χ2n) is 6.20. The zero-order valence-electron chi connectivity index (χ0n) is 13.6. The standard InChI is InChI=1S/C17H24BrN3O2/c1-11(22-13-5-3-4-12(18)8-13)10-20-17(19-2)21-15-9-14-6-7-16(15)23-14/h3-5,8,11,14-16H,6-7,9-10H2,1-2H3,(H2,19,20,21). The summed E-state index contributed by atoms with van der Waals surface area (Å²) in [5, 5.41) is 6.81. The molecule has 5 nitrogen and oxygen atoms in total. The first kappa shape index (κ1) is 16.6. The van der Waals surface area contributed by atoms with Crippen LogP contribution in [0.5, 0.6) is 5.75 Å². The molecule has 0 saturated carbocycles. The lowest BCUT2D eigenvalue weighted by Gasteiger charge is -2.23. The molecule has 2 saturated heterocycles. The normalized spacial score (nSPS) is 27.8. The first-order chi connectivity index (χ1) is 11.1. The summed E-state index contributed by atoms with van der Waals surface area (Å²) in [6, 6.07) is 8.26. The third-order valence-corrected chi connectivity index (χ3v) is 4.84. The Morgan fingerprint density at radius 1 is 1.48 bits per heavy atom. The highest BCUT2D eigenvalue weighted by molar-refractivity contribution is 9.10. The Hall–Kier alpha value is -1.27. The molecule has 1 aromatic rings. The van der Waals surface area contributed by atoms with Crippen molar-refractivity contribution in [3.05, 3.63) is 28.7 Å². The van der Waals surface area contributed by atoms with Gasteiger partial charge in [-0.25, -0.2) is 0 Å². The minimum Gasteiger partial charge on any atom is -0.489 e. The number of aliphatic imine (C=N–C) groups is 1. The maximum Gasteiger partial charge on any atom is 0.191 e. The Balaban J connectivity index is 1.44. The van der Waals surface area contributed by atoms with Gasteiger partial charge >= 0.3 is 0 Å². The van der Waals surface area contributed by atoms with Gasteiger partial charge in [0.15, 0.2) is 5.96 Å². The number of hydrogen-bond acceptors (Lipinski definition) is 3. The molecule has 126 valence electrons. The van der Waals surface area contributed by atoms with Crippen LogP contribution in [0.4, 0.5) is 0 Å². The van der Waals surface area contributed by atoms with Crippen molar-refractivity contribution in [3.8, 4) is 5.75 Å². The molecule has 3 rings (SSSR count). The summed E-state index contributed by atoms with van der Waals surface area (Å²) in [7, 11) is 1.79. The molecule has 4 unspecified atom stereocenters.